The van der Waals surface area contributed by atoms with Crippen molar-refractivity contribution in [1.82, 2.24) is 4.57 Å². The lowest BCUT2D eigenvalue weighted by atomic mass is 10.1. The number of hydrogen-bond acceptors (Lipinski definition) is 1. The highest BCUT2D eigenvalue weighted by molar-refractivity contribution is 5.90. The number of aryl methyl sites for hydroxylation is 2. The van der Waals surface area contributed by atoms with E-state index in [1.54, 1.807) is 18.5 Å². The lowest BCUT2D eigenvalue weighted by Gasteiger charge is -2.07. The van der Waals surface area contributed by atoms with E-state index in [-0.39, 0.29) is 0 Å². The van der Waals surface area contributed by atoms with E-state index < -0.39 is 18.4 Å². The molecule has 1 heterocycles. The Kier molecular flexibility index (Phi) is 2.92. The van der Waals surface area contributed by atoms with Gasteiger partial charge in [-0.1, -0.05) is 18.2 Å². The number of benzene rings is 1. The van der Waals surface area contributed by atoms with Gasteiger partial charge >= 0.3 is 6.18 Å². The minimum atomic E-state index is -4.77. The van der Waals surface area contributed by atoms with Crippen molar-refractivity contribution in [2.45, 2.75) is 19.5 Å². The number of halogens is 3. The summed E-state index contributed by atoms with van der Waals surface area (Å²) in [5.74, 6) is -1.71. The van der Waals surface area contributed by atoms with Gasteiger partial charge in [0.25, 0.3) is 0 Å². The molecule has 0 saturated heterocycles. The Morgan fingerprint density at radius 1 is 1.28 bits per heavy atom. The second kappa shape index (κ2) is 4.15. The maximum atomic E-state index is 12.3. The van der Waals surface area contributed by atoms with Crippen molar-refractivity contribution in [3.05, 3.63) is 35.5 Å². The highest BCUT2D eigenvalue weighted by Gasteiger charge is 2.38. The van der Waals surface area contributed by atoms with Crippen LogP contribution in [0.1, 0.15) is 11.3 Å². The molecule has 0 spiro atoms. The van der Waals surface area contributed by atoms with Gasteiger partial charge in [0.1, 0.15) is 0 Å². The standard InChI is InChI=1S/C13H12F3NO/c1-8-9-5-3-4-6-10(9)17(2)11(8)7-12(18)13(14,15)16/h3-6H,7H2,1-2H3. The van der Waals surface area contributed by atoms with Crippen LogP contribution in [0.3, 0.4) is 0 Å². The lowest BCUT2D eigenvalue weighted by molar-refractivity contribution is -0.170. The van der Waals surface area contributed by atoms with Crippen molar-refractivity contribution < 1.29 is 18.0 Å². The first-order chi connectivity index (χ1) is 8.32. The van der Waals surface area contributed by atoms with Crippen LogP contribution in [-0.2, 0) is 18.3 Å². The molecular formula is C13H12F3NO. The minimum absolute atomic E-state index is 0.415. The molecule has 1 aromatic carbocycles. The summed E-state index contributed by atoms with van der Waals surface area (Å²) >= 11 is 0. The summed E-state index contributed by atoms with van der Waals surface area (Å²) in [5.41, 5.74) is 1.98. The van der Waals surface area contributed by atoms with Crippen LogP contribution in [0.4, 0.5) is 13.2 Å². The number of Topliss-reactive ketones (excluding diaryl/α,β-unsaturated/α-hetero) is 1. The second-order valence-electron chi connectivity index (χ2n) is 4.25. The quantitative estimate of drug-likeness (QED) is 0.808. The molecule has 0 aliphatic carbocycles. The summed E-state index contributed by atoms with van der Waals surface area (Å²) in [4.78, 5) is 11.1. The Hall–Kier alpha value is -1.78. The molecule has 0 aliphatic heterocycles. The Morgan fingerprint density at radius 3 is 2.44 bits per heavy atom. The number of alkyl halides is 3. The minimum Gasteiger partial charge on any atom is -0.347 e. The van der Waals surface area contributed by atoms with E-state index in [1.807, 2.05) is 24.3 Å². The van der Waals surface area contributed by atoms with Crippen molar-refractivity contribution in [1.29, 1.82) is 0 Å². The van der Waals surface area contributed by atoms with Gasteiger partial charge in [-0.25, -0.2) is 0 Å². The normalized spacial score (nSPS) is 12.1. The molecule has 2 aromatic rings. The number of fused-ring (bicyclic) bond motifs is 1. The van der Waals surface area contributed by atoms with Gasteiger partial charge in [0.15, 0.2) is 0 Å². The molecule has 2 rings (SSSR count). The van der Waals surface area contributed by atoms with E-state index in [9.17, 15) is 18.0 Å². The van der Waals surface area contributed by atoms with Crippen molar-refractivity contribution in [3.63, 3.8) is 0 Å². The second-order valence-corrected chi connectivity index (χ2v) is 4.25. The van der Waals surface area contributed by atoms with Crippen LogP contribution in [0.25, 0.3) is 10.9 Å². The van der Waals surface area contributed by atoms with Crippen molar-refractivity contribution >= 4 is 16.7 Å². The molecule has 0 atom stereocenters. The average Bonchev–Trinajstić information content (AvgIpc) is 2.54. The number of para-hydroxylation sites is 1. The highest BCUT2D eigenvalue weighted by Crippen LogP contribution is 2.27. The highest BCUT2D eigenvalue weighted by atomic mass is 19.4. The van der Waals surface area contributed by atoms with Crippen LogP contribution >= 0.6 is 0 Å². The first-order valence-corrected chi connectivity index (χ1v) is 5.45. The summed E-state index contributed by atoms with van der Waals surface area (Å²) in [5, 5.41) is 0.880. The van der Waals surface area contributed by atoms with E-state index in [4.69, 9.17) is 0 Å². The van der Waals surface area contributed by atoms with Gasteiger partial charge in [-0.05, 0) is 18.6 Å². The van der Waals surface area contributed by atoms with Crippen LogP contribution < -0.4 is 0 Å². The number of ketones is 1. The van der Waals surface area contributed by atoms with Crippen LogP contribution in [-0.4, -0.2) is 16.5 Å². The van der Waals surface area contributed by atoms with Crippen molar-refractivity contribution in [2.75, 3.05) is 0 Å². The molecule has 18 heavy (non-hydrogen) atoms. The number of nitrogens with zero attached hydrogens (tertiary/aromatic N) is 1. The predicted octanol–water partition coefficient (Wildman–Crippen LogP) is 3.16. The van der Waals surface area contributed by atoms with Crippen LogP contribution in [0.5, 0.6) is 0 Å². The Bertz CT molecular complexity index is 571. The van der Waals surface area contributed by atoms with Gasteiger partial charge in [-0.15, -0.1) is 0 Å². The molecule has 0 saturated carbocycles. The molecule has 2 nitrogen and oxygen atoms in total. The van der Waals surface area contributed by atoms with Crippen LogP contribution in [0.2, 0.25) is 0 Å². The number of carbonyl (C=O) groups is 1. The molecule has 0 radical (unpaired) electrons. The van der Waals surface area contributed by atoms with Gasteiger partial charge in [0.2, 0.25) is 5.78 Å². The van der Waals surface area contributed by atoms with Crippen LogP contribution in [0.15, 0.2) is 24.3 Å². The lowest BCUT2D eigenvalue weighted by Crippen LogP contribution is -2.25. The zero-order chi connectivity index (χ0) is 13.5. The van der Waals surface area contributed by atoms with E-state index in [0.717, 1.165) is 16.5 Å². The first-order valence-electron chi connectivity index (χ1n) is 5.45. The van der Waals surface area contributed by atoms with Gasteiger partial charge < -0.3 is 4.57 Å². The number of carbonyl (C=O) groups excluding carboxylic acids is 1. The van der Waals surface area contributed by atoms with Gasteiger partial charge in [-0.2, -0.15) is 13.2 Å². The molecule has 0 amide bonds. The van der Waals surface area contributed by atoms with E-state index in [0.29, 0.717) is 5.69 Å². The fourth-order valence-corrected chi connectivity index (χ4v) is 2.14. The summed E-state index contributed by atoms with van der Waals surface area (Å²) in [7, 11) is 1.67. The van der Waals surface area contributed by atoms with Crippen molar-refractivity contribution in [3.8, 4) is 0 Å². The maximum absolute atomic E-state index is 12.3. The molecule has 5 heteroatoms. The summed E-state index contributed by atoms with van der Waals surface area (Å²) in [6, 6.07) is 7.30. The monoisotopic (exact) mass is 255 g/mol. The Morgan fingerprint density at radius 2 is 1.89 bits per heavy atom. The topological polar surface area (TPSA) is 22.0 Å². The van der Waals surface area contributed by atoms with E-state index >= 15 is 0 Å². The van der Waals surface area contributed by atoms with Crippen molar-refractivity contribution in [2.24, 2.45) is 7.05 Å². The summed E-state index contributed by atoms with van der Waals surface area (Å²) < 4.78 is 38.5. The number of hydrogen-bond donors (Lipinski definition) is 0. The maximum Gasteiger partial charge on any atom is 0.450 e. The van der Waals surface area contributed by atoms with E-state index in [2.05, 4.69) is 0 Å². The number of aromatic nitrogens is 1. The first kappa shape index (κ1) is 12.7. The van der Waals surface area contributed by atoms with Gasteiger partial charge in [-0.3, -0.25) is 4.79 Å². The molecule has 0 N–H and O–H groups in total. The SMILES string of the molecule is Cc1c(CC(=O)C(F)(F)F)n(C)c2ccccc12. The third kappa shape index (κ3) is 2.00. The third-order valence-corrected chi connectivity index (χ3v) is 3.15. The predicted molar refractivity (Wildman–Crippen MR) is 62.4 cm³/mol. The Balaban J connectivity index is 2.49. The molecule has 96 valence electrons. The molecule has 1 aromatic heterocycles. The molecular weight excluding hydrogens is 243 g/mol. The van der Waals surface area contributed by atoms with Crippen LogP contribution in [0, 0.1) is 6.92 Å². The average molecular weight is 255 g/mol. The Labute approximate surface area is 102 Å². The smallest absolute Gasteiger partial charge is 0.347 e. The van der Waals surface area contributed by atoms with Gasteiger partial charge in [0, 0.05) is 23.6 Å². The molecule has 0 aliphatic rings. The van der Waals surface area contributed by atoms with E-state index in [1.165, 1.54) is 0 Å². The zero-order valence-electron chi connectivity index (χ0n) is 10.0. The molecule has 0 fully saturated rings. The molecule has 0 bridgehead atoms. The third-order valence-electron chi connectivity index (χ3n) is 3.15. The zero-order valence-corrected chi connectivity index (χ0v) is 10.0. The summed E-state index contributed by atoms with van der Waals surface area (Å²) in [6.07, 6.45) is -5.39. The number of rotatable bonds is 2. The van der Waals surface area contributed by atoms with Gasteiger partial charge in [0.05, 0.1) is 6.42 Å². The fourth-order valence-electron chi connectivity index (χ4n) is 2.14. The molecule has 0 unspecified atom stereocenters. The largest absolute Gasteiger partial charge is 0.450 e. The fraction of sp³-hybridized carbons (Fsp3) is 0.308. The summed E-state index contributed by atoms with van der Waals surface area (Å²) in [6.45, 7) is 1.74.